The summed E-state index contributed by atoms with van der Waals surface area (Å²) in [6.45, 7) is 6.38. The molecule has 0 saturated heterocycles. The third kappa shape index (κ3) is 6.25. The molecule has 1 unspecified atom stereocenters. The molecule has 0 bridgehead atoms. The maximum atomic E-state index is 10.9. The molecule has 0 aliphatic heterocycles. The largest absolute Gasteiger partial charge is 0.481 e. The Morgan fingerprint density at radius 1 is 1.38 bits per heavy atom. The van der Waals surface area contributed by atoms with Crippen LogP contribution < -0.4 is 5.32 Å². The minimum Gasteiger partial charge on any atom is -0.481 e. The van der Waals surface area contributed by atoms with Gasteiger partial charge in [-0.25, -0.2) is 0 Å². The van der Waals surface area contributed by atoms with Gasteiger partial charge in [0.25, 0.3) is 5.69 Å². The maximum absolute atomic E-state index is 10.9. The second kappa shape index (κ2) is 7.61. The first kappa shape index (κ1) is 16.9. The second-order valence-electron chi connectivity index (χ2n) is 5.79. The van der Waals surface area contributed by atoms with Gasteiger partial charge in [-0.1, -0.05) is 13.8 Å². The number of nitrogens with zero attached hydrogens (tertiary/aromatic N) is 1. The summed E-state index contributed by atoms with van der Waals surface area (Å²) >= 11 is 0. The Kier molecular flexibility index (Phi) is 6.14. The van der Waals surface area contributed by atoms with Crippen LogP contribution in [-0.4, -0.2) is 22.5 Å². The lowest BCUT2D eigenvalue weighted by molar-refractivity contribution is -0.384. The van der Waals surface area contributed by atoms with Crippen molar-refractivity contribution in [2.75, 3.05) is 11.9 Å². The number of aryl methyl sites for hydroxylation is 1. The molecule has 1 rings (SSSR count). The fourth-order valence-electron chi connectivity index (χ4n) is 2.38. The Morgan fingerprint density at radius 3 is 2.57 bits per heavy atom. The lowest BCUT2D eigenvalue weighted by Crippen LogP contribution is -2.19. The molecule has 0 radical (unpaired) electrons. The van der Waals surface area contributed by atoms with Crippen molar-refractivity contribution in [2.45, 2.75) is 33.6 Å². The lowest BCUT2D eigenvalue weighted by Gasteiger charge is -2.18. The first-order valence-corrected chi connectivity index (χ1v) is 6.99. The van der Waals surface area contributed by atoms with Crippen LogP contribution in [0.2, 0.25) is 0 Å². The summed E-state index contributed by atoms with van der Waals surface area (Å²) in [4.78, 5) is 21.3. The molecule has 0 aromatic heterocycles. The van der Waals surface area contributed by atoms with Crippen molar-refractivity contribution in [1.29, 1.82) is 0 Å². The summed E-state index contributed by atoms with van der Waals surface area (Å²) in [5.41, 5.74) is 1.49. The number of anilines is 1. The van der Waals surface area contributed by atoms with Gasteiger partial charge in [0.05, 0.1) is 4.92 Å². The number of non-ortho nitro benzene ring substituents is 1. The lowest BCUT2D eigenvalue weighted by atomic mass is 9.94. The molecule has 1 aromatic carbocycles. The van der Waals surface area contributed by atoms with Crippen molar-refractivity contribution >= 4 is 17.3 Å². The van der Waals surface area contributed by atoms with Crippen LogP contribution in [-0.2, 0) is 4.79 Å². The van der Waals surface area contributed by atoms with E-state index in [9.17, 15) is 14.9 Å². The average Bonchev–Trinajstić information content (AvgIpc) is 2.34. The summed E-state index contributed by atoms with van der Waals surface area (Å²) in [5, 5.41) is 22.9. The second-order valence-corrected chi connectivity index (χ2v) is 5.79. The molecule has 0 spiro atoms. The van der Waals surface area contributed by atoms with Gasteiger partial charge in [-0.15, -0.1) is 0 Å². The highest BCUT2D eigenvalue weighted by Crippen LogP contribution is 2.22. The van der Waals surface area contributed by atoms with Crippen LogP contribution in [0.1, 0.15) is 32.3 Å². The fraction of sp³-hybridized carbons (Fsp3) is 0.533. The number of carbonyl (C=O) groups is 1. The predicted octanol–water partition coefficient (Wildman–Crippen LogP) is 3.45. The number of hydrogen-bond acceptors (Lipinski definition) is 4. The third-order valence-electron chi connectivity index (χ3n) is 3.14. The van der Waals surface area contributed by atoms with Gasteiger partial charge in [0, 0.05) is 30.8 Å². The summed E-state index contributed by atoms with van der Waals surface area (Å²) in [6, 6.07) is 4.80. The minimum atomic E-state index is -0.822. The third-order valence-corrected chi connectivity index (χ3v) is 3.14. The molecule has 116 valence electrons. The first-order valence-electron chi connectivity index (χ1n) is 6.99. The van der Waals surface area contributed by atoms with E-state index in [0.717, 1.165) is 12.0 Å². The quantitative estimate of drug-likeness (QED) is 0.566. The highest BCUT2D eigenvalue weighted by atomic mass is 16.6. The Labute approximate surface area is 124 Å². The molecular weight excluding hydrogens is 272 g/mol. The van der Waals surface area contributed by atoms with E-state index in [1.54, 1.807) is 6.92 Å². The van der Waals surface area contributed by atoms with Crippen molar-refractivity contribution in [2.24, 2.45) is 11.8 Å². The number of rotatable bonds is 8. The normalized spacial score (nSPS) is 12.2. The zero-order valence-corrected chi connectivity index (χ0v) is 12.6. The van der Waals surface area contributed by atoms with Crippen molar-refractivity contribution < 1.29 is 14.8 Å². The number of benzene rings is 1. The Morgan fingerprint density at radius 2 is 2.05 bits per heavy atom. The van der Waals surface area contributed by atoms with Gasteiger partial charge >= 0.3 is 5.97 Å². The molecule has 6 nitrogen and oxygen atoms in total. The maximum Gasteiger partial charge on any atom is 0.303 e. The molecular formula is C15H22N2O4. The van der Waals surface area contributed by atoms with E-state index in [0.29, 0.717) is 18.2 Å². The summed E-state index contributed by atoms with van der Waals surface area (Å²) in [6.07, 6.45) is 0.895. The molecule has 2 N–H and O–H groups in total. The van der Waals surface area contributed by atoms with Gasteiger partial charge in [0.1, 0.15) is 0 Å². The van der Waals surface area contributed by atoms with Gasteiger partial charge in [0.15, 0.2) is 0 Å². The van der Waals surface area contributed by atoms with Crippen LogP contribution in [0.15, 0.2) is 18.2 Å². The number of nitrogens with one attached hydrogen (secondary N) is 1. The molecule has 21 heavy (non-hydrogen) atoms. The van der Waals surface area contributed by atoms with Gasteiger partial charge in [-0.2, -0.15) is 0 Å². The van der Waals surface area contributed by atoms with Crippen molar-refractivity contribution in [3.8, 4) is 0 Å². The number of hydrogen-bond donors (Lipinski definition) is 2. The van der Waals surface area contributed by atoms with Crippen molar-refractivity contribution in [3.05, 3.63) is 33.9 Å². The number of carboxylic acid groups (broad SMARTS) is 1. The summed E-state index contributed by atoms with van der Waals surface area (Å²) in [5.74, 6) is -0.414. The van der Waals surface area contributed by atoms with E-state index in [2.05, 4.69) is 5.32 Å². The predicted molar refractivity (Wildman–Crippen MR) is 81.5 cm³/mol. The first-order chi connectivity index (χ1) is 9.77. The van der Waals surface area contributed by atoms with Crippen molar-refractivity contribution in [1.82, 2.24) is 0 Å². The Bertz CT molecular complexity index is 514. The highest BCUT2D eigenvalue weighted by Gasteiger charge is 2.15. The summed E-state index contributed by atoms with van der Waals surface area (Å²) in [7, 11) is 0. The topological polar surface area (TPSA) is 92.5 Å². The standard InChI is InChI=1S/C15H22N2O4/c1-10(2)4-12(7-15(18)19)9-16-13-5-11(3)6-14(8-13)17(20)21/h5-6,8,10,12,16H,4,7,9H2,1-3H3,(H,18,19). The van der Waals surface area contributed by atoms with Crippen LogP contribution in [0.5, 0.6) is 0 Å². The minimum absolute atomic E-state index is 0.00192. The van der Waals surface area contributed by atoms with Gasteiger partial charge in [-0.3, -0.25) is 14.9 Å². The zero-order valence-electron chi connectivity index (χ0n) is 12.6. The van der Waals surface area contributed by atoms with E-state index in [1.807, 2.05) is 19.9 Å². The number of nitro benzene ring substituents is 1. The summed E-state index contributed by atoms with van der Waals surface area (Å²) < 4.78 is 0. The number of nitro groups is 1. The number of carboxylic acids is 1. The van der Waals surface area contributed by atoms with E-state index in [4.69, 9.17) is 5.11 Å². The van der Waals surface area contributed by atoms with E-state index in [-0.39, 0.29) is 18.0 Å². The van der Waals surface area contributed by atoms with Crippen LogP contribution >= 0.6 is 0 Å². The van der Waals surface area contributed by atoms with Gasteiger partial charge in [0.2, 0.25) is 0 Å². The van der Waals surface area contributed by atoms with E-state index < -0.39 is 10.9 Å². The monoisotopic (exact) mass is 294 g/mol. The van der Waals surface area contributed by atoms with Gasteiger partial charge in [-0.05, 0) is 36.8 Å². The molecule has 0 amide bonds. The highest BCUT2D eigenvalue weighted by molar-refractivity contribution is 5.67. The molecule has 1 atom stereocenters. The van der Waals surface area contributed by atoms with E-state index >= 15 is 0 Å². The van der Waals surface area contributed by atoms with Crippen LogP contribution in [0.25, 0.3) is 0 Å². The SMILES string of the molecule is Cc1cc(NCC(CC(=O)O)CC(C)C)cc([N+](=O)[O-])c1. The van der Waals surface area contributed by atoms with Gasteiger partial charge < -0.3 is 10.4 Å². The molecule has 6 heteroatoms. The zero-order chi connectivity index (χ0) is 16.0. The Hall–Kier alpha value is -2.11. The van der Waals surface area contributed by atoms with Crippen LogP contribution in [0, 0.1) is 28.9 Å². The van der Waals surface area contributed by atoms with E-state index in [1.165, 1.54) is 12.1 Å². The van der Waals surface area contributed by atoms with Crippen LogP contribution in [0.4, 0.5) is 11.4 Å². The Balaban J connectivity index is 2.74. The average molecular weight is 294 g/mol. The molecule has 0 fully saturated rings. The molecule has 0 aliphatic rings. The van der Waals surface area contributed by atoms with Crippen molar-refractivity contribution in [3.63, 3.8) is 0 Å². The fourth-order valence-corrected chi connectivity index (χ4v) is 2.38. The smallest absolute Gasteiger partial charge is 0.303 e. The molecule has 1 aromatic rings. The van der Waals surface area contributed by atoms with Crippen LogP contribution in [0.3, 0.4) is 0 Å². The molecule has 0 saturated carbocycles. The molecule has 0 aliphatic carbocycles. The molecule has 0 heterocycles. The number of aliphatic carboxylic acids is 1.